The Morgan fingerprint density at radius 3 is 2.55 bits per heavy atom. The lowest BCUT2D eigenvalue weighted by Crippen LogP contribution is -2.50. The Kier molecular flexibility index (Phi) is 4.25. The summed E-state index contributed by atoms with van der Waals surface area (Å²) < 4.78 is 10.4. The summed E-state index contributed by atoms with van der Waals surface area (Å²) in [5.41, 5.74) is 0.329. The Morgan fingerprint density at radius 1 is 1.40 bits per heavy atom. The van der Waals surface area contributed by atoms with Crippen molar-refractivity contribution in [2.75, 3.05) is 20.4 Å². The molecule has 0 aromatic heterocycles. The third kappa shape index (κ3) is 3.08. The highest BCUT2D eigenvalue weighted by Crippen LogP contribution is 2.21. The monoisotopic (exact) mass is 294 g/mol. The first-order valence-electron chi connectivity index (χ1n) is 6.29. The number of nitrogens with one attached hydrogen (secondary N) is 1. The highest BCUT2D eigenvalue weighted by molar-refractivity contribution is 7.80. The molecule has 108 valence electrons. The zero-order valence-corrected chi connectivity index (χ0v) is 12.6. The van der Waals surface area contributed by atoms with Gasteiger partial charge in [0.05, 0.1) is 19.3 Å². The molecule has 0 bridgehead atoms. The highest BCUT2D eigenvalue weighted by Gasteiger charge is 2.35. The fraction of sp³-hybridized carbons (Fsp3) is 0.429. The summed E-state index contributed by atoms with van der Waals surface area (Å²) in [7, 11) is 1.58. The van der Waals surface area contributed by atoms with Crippen LogP contribution in [-0.2, 0) is 4.74 Å². The first-order valence-corrected chi connectivity index (χ1v) is 6.69. The number of thiocarbonyl (C=S) groups is 1. The smallest absolute Gasteiger partial charge is 0.257 e. The lowest BCUT2D eigenvalue weighted by atomic mass is 10.1. The van der Waals surface area contributed by atoms with E-state index in [0.717, 1.165) is 0 Å². The lowest BCUT2D eigenvalue weighted by Gasteiger charge is -2.31. The van der Waals surface area contributed by atoms with Gasteiger partial charge >= 0.3 is 0 Å². The molecule has 1 aliphatic heterocycles. The first kappa shape index (κ1) is 14.7. The zero-order chi connectivity index (χ0) is 14.8. The molecule has 5 nitrogen and oxygen atoms in total. The summed E-state index contributed by atoms with van der Waals surface area (Å²) in [6, 6.07) is 6.87. The molecule has 1 aromatic carbocycles. The third-order valence-corrected chi connectivity index (χ3v) is 3.55. The van der Waals surface area contributed by atoms with Gasteiger partial charge in [-0.1, -0.05) is 0 Å². The first-order chi connectivity index (χ1) is 9.44. The molecule has 1 heterocycles. The second kappa shape index (κ2) is 5.76. The number of benzene rings is 1. The molecular formula is C14H18N2O3S. The number of carbonyl (C=O) groups excluding carboxylic acids is 1. The molecule has 0 unspecified atom stereocenters. The molecule has 0 atom stereocenters. The molecule has 1 aromatic rings. The number of rotatable bonds is 2. The molecular weight excluding hydrogens is 276 g/mol. The third-order valence-electron chi connectivity index (χ3n) is 3.22. The van der Waals surface area contributed by atoms with E-state index in [-0.39, 0.29) is 11.4 Å². The fourth-order valence-electron chi connectivity index (χ4n) is 1.95. The molecule has 1 fully saturated rings. The number of amides is 1. The maximum absolute atomic E-state index is 12.1. The highest BCUT2D eigenvalue weighted by atomic mass is 32.1. The zero-order valence-electron chi connectivity index (χ0n) is 11.8. The van der Waals surface area contributed by atoms with Crippen molar-refractivity contribution in [1.82, 2.24) is 10.2 Å². The van der Waals surface area contributed by atoms with E-state index in [9.17, 15) is 4.79 Å². The van der Waals surface area contributed by atoms with Crippen LogP contribution in [0, 0.1) is 0 Å². The van der Waals surface area contributed by atoms with E-state index in [2.05, 4.69) is 5.32 Å². The van der Waals surface area contributed by atoms with Crippen molar-refractivity contribution in [2.24, 2.45) is 0 Å². The van der Waals surface area contributed by atoms with Crippen LogP contribution >= 0.6 is 12.2 Å². The van der Waals surface area contributed by atoms with Crippen LogP contribution in [0.5, 0.6) is 5.75 Å². The Bertz CT molecular complexity index is 514. The van der Waals surface area contributed by atoms with Crippen molar-refractivity contribution in [1.29, 1.82) is 0 Å². The van der Waals surface area contributed by atoms with Gasteiger partial charge in [-0.3, -0.25) is 10.1 Å². The van der Waals surface area contributed by atoms with Crippen LogP contribution in [0.3, 0.4) is 0 Å². The van der Waals surface area contributed by atoms with Gasteiger partial charge < -0.3 is 14.4 Å². The molecule has 2 rings (SSSR count). The van der Waals surface area contributed by atoms with E-state index in [1.165, 1.54) is 0 Å². The summed E-state index contributed by atoms with van der Waals surface area (Å²) in [6.07, 6.45) is 0. The van der Waals surface area contributed by atoms with Crippen LogP contribution in [0.2, 0.25) is 0 Å². The lowest BCUT2D eigenvalue weighted by molar-refractivity contribution is 0.0969. The number of hydrogen-bond donors (Lipinski definition) is 1. The molecule has 1 N–H and O–H groups in total. The summed E-state index contributed by atoms with van der Waals surface area (Å²) in [5, 5.41) is 3.11. The Hall–Kier alpha value is -1.66. The standard InChI is InChI=1S/C14H18N2O3S/c1-14(2)8-19-9-16(14)13(20)15-12(17)10-4-6-11(18-3)7-5-10/h4-7H,8-9H2,1-3H3,(H,15,17,20). The molecule has 1 saturated heterocycles. The van der Waals surface area contributed by atoms with Crippen LogP contribution in [0.25, 0.3) is 0 Å². The van der Waals surface area contributed by atoms with Crippen molar-refractivity contribution in [3.05, 3.63) is 29.8 Å². The van der Waals surface area contributed by atoms with Crippen molar-refractivity contribution in [3.8, 4) is 5.75 Å². The van der Waals surface area contributed by atoms with E-state index in [4.69, 9.17) is 21.7 Å². The van der Waals surface area contributed by atoms with E-state index >= 15 is 0 Å². The predicted molar refractivity (Wildman–Crippen MR) is 79.8 cm³/mol. The van der Waals surface area contributed by atoms with Crippen molar-refractivity contribution in [2.45, 2.75) is 19.4 Å². The van der Waals surface area contributed by atoms with Gasteiger partial charge in [-0.15, -0.1) is 0 Å². The van der Waals surface area contributed by atoms with Gasteiger partial charge in [0.1, 0.15) is 12.5 Å². The van der Waals surface area contributed by atoms with Crippen molar-refractivity contribution in [3.63, 3.8) is 0 Å². The summed E-state index contributed by atoms with van der Waals surface area (Å²) in [4.78, 5) is 14.0. The number of hydrogen-bond acceptors (Lipinski definition) is 4. The molecule has 1 amide bonds. The van der Waals surface area contributed by atoms with E-state index in [1.807, 2.05) is 18.7 Å². The second-order valence-corrected chi connectivity index (χ2v) is 5.59. The van der Waals surface area contributed by atoms with Gasteiger partial charge in [0.25, 0.3) is 5.91 Å². The minimum absolute atomic E-state index is 0.204. The Morgan fingerprint density at radius 2 is 2.05 bits per heavy atom. The van der Waals surface area contributed by atoms with Gasteiger partial charge in [-0.2, -0.15) is 0 Å². The minimum atomic E-state index is -0.236. The topological polar surface area (TPSA) is 50.8 Å². The average Bonchev–Trinajstić information content (AvgIpc) is 2.78. The quantitative estimate of drug-likeness (QED) is 0.843. The number of nitrogens with zero attached hydrogens (tertiary/aromatic N) is 1. The van der Waals surface area contributed by atoms with Crippen LogP contribution in [0.1, 0.15) is 24.2 Å². The normalized spacial score (nSPS) is 16.9. The Labute approximate surface area is 123 Å². The SMILES string of the molecule is COc1ccc(C(=O)NC(=S)N2COCC2(C)C)cc1. The summed E-state index contributed by atoms with van der Waals surface area (Å²) >= 11 is 5.28. The van der Waals surface area contributed by atoms with Crippen LogP contribution in [-0.4, -0.2) is 41.9 Å². The molecule has 20 heavy (non-hydrogen) atoms. The molecule has 0 saturated carbocycles. The molecule has 0 aliphatic carbocycles. The maximum Gasteiger partial charge on any atom is 0.257 e. The molecule has 1 aliphatic rings. The van der Waals surface area contributed by atoms with Crippen LogP contribution in [0.15, 0.2) is 24.3 Å². The maximum atomic E-state index is 12.1. The van der Waals surface area contributed by atoms with E-state index in [1.54, 1.807) is 31.4 Å². The van der Waals surface area contributed by atoms with Crippen LogP contribution < -0.4 is 10.1 Å². The van der Waals surface area contributed by atoms with Crippen molar-refractivity contribution < 1.29 is 14.3 Å². The Balaban J connectivity index is 2.02. The number of methoxy groups -OCH3 is 1. The summed E-state index contributed by atoms with van der Waals surface area (Å²) in [6.45, 7) is 5.03. The number of ether oxygens (including phenoxy) is 2. The fourth-order valence-corrected chi connectivity index (χ4v) is 2.34. The van der Waals surface area contributed by atoms with Crippen molar-refractivity contribution >= 4 is 23.2 Å². The number of carbonyl (C=O) groups is 1. The summed E-state index contributed by atoms with van der Waals surface area (Å²) in [5.74, 6) is 0.471. The van der Waals surface area contributed by atoms with Crippen LogP contribution in [0.4, 0.5) is 0 Å². The van der Waals surface area contributed by atoms with Gasteiger partial charge in [-0.05, 0) is 50.3 Å². The second-order valence-electron chi connectivity index (χ2n) is 5.21. The van der Waals surface area contributed by atoms with E-state index < -0.39 is 0 Å². The van der Waals surface area contributed by atoms with E-state index in [0.29, 0.717) is 29.8 Å². The van der Waals surface area contributed by atoms with Gasteiger partial charge in [0.2, 0.25) is 0 Å². The molecule has 0 spiro atoms. The molecule has 0 radical (unpaired) electrons. The van der Waals surface area contributed by atoms with Gasteiger partial charge in [-0.25, -0.2) is 0 Å². The van der Waals surface area contributed by atoms with Gasteiger partial charge in [0.15, 0.2) is 5.11 Å². The largest absolute Gasteiger partial charge is 0.497 e. The molecule has 6 heteroatoms. The van der Waals surface area contributed by atoms with Gasteiger partial charge in [0, 0.05) is 5.56 Å². The minimum Gasteiger partial charge on any atom is -0.497 e. The average molecular weight is 294 g/mol. The predicted octanol–water partition coefficient (Wildman–Crippen LogP) is 1.78.